The zero-order valence-electron chi connectivity index (χ0n) is 17.0. The molecule has 3 N–H and O–H groups in total. The molecule has 0 fully saturated rings. The van der Waals surface area contributed by atoms with Crippen LogP contribution in [-0.4, -0.2) is 34.9 Å². The molecule has 1 aromatic carbocycles. The van der Waals surface area contributed by atoms with Crippen LogP contribution in [0.15, 0.2) is 30.4 Å². The zero-order chi connectivity index (χ0) is 21.2. The van der Waals surface area contributed by atoms with Crippen molar-refractivity contribution in [3.8, 4) is 11.5 Å². The Morgan fingerprint density at radius 1 is 1.24 bits per heavy atom. The maximum absolute atomic E-state index is 12.8. The quantitative estimate of drug-likeness (QED) is 0.272. The van der Waals surface area contributed by atoms with Gasteiger partial charge in [0.25, 0.3) is 0 Å². The minimum Gasteiger partial charge on any atom is -0.507 e. The molecular weight excluding hydrogens is 394 g/mol. The van der Waals surface area contributed by atoms with E-state index in [-0.39, 0.29) is 40.7 Å². The Kier molecular flexibility index (Phi) is 9.51. The smallest absolute Gasteiger partial charge is 0.342 e. The highest BCUT2D eigenvalue weighted by Crippen LogP contribution is 2.37. The highest BCUT2D eigenvalue weighted by Gasteiger charge is 2.26. The second-order valence-electron chi connectivity index (χ2n) is 7.14. The molecule has 0 amide bonds. The normalized spacial score (nSPS) is 22.9. The number of ether oxygens (including phenoxy) is 1. The van der Waals surface area contributed by atoms with Gasteiger partial charge in [-0.3, -0.25) is 0 Å². The first kappa shape index (κ1) is 23.3. The summed E-state index contributed by atoms with van der Waals surface area (Å²) in [6, 6.07) is 0.757. The van der Waals surface area contributed by atoms with Gasteiger partial charge in [-0.15, -0.1) is 0 Å². The summed E-state index contributed by atoms with van der Waals surface area (Å²) in [6.07, 6.45) is 12.1. The third-order valence-electron chi connectivity index (χ3n) is 4.60. The van der Waals surface area contributed by atoms with Crippen LogP contribution >= 0.6 is 11.6 Å². The lowest BCUT2D eigenvalue weighted by atomic mass is 9.98. The van der Waals surface area contributed by atoms with Crippen molar-refractivity contribution in [2.45, 2.75) is 64.5 Å². The summed E-state index contributed by atoms with van der Waals surface area (Å²) in [7, 11) is 0. The summed E-state index contributed by atoms with van der Waals surface area (Å²) in [5.74, 6) is -1.33. The largest absolute Gasteiger partial charge is 0.507 e. The van der Waals surface area contributed by atoms with Crippen LogP contribution in [0.25, 0.3) is 0 Å². The van der Waals surface area contributed by atoms with Crippen molar-refractivity contribution in [2.75, 3.05) is 6.61 Å². The van der Waals surface area contributed by atoms with Crippen molar-refractivity contribution in [2.24, 2.45) is 0 Å². The highest BCUT2D eigenvalue weighted by molar-refractivity contribution is 6.33. The maximum Gasteiger partial charge on any atom is 0.342 e. The van der Waals surface area contributed by atoms with Crippen LogP contribution < -0.4 is 5.48 Å². The van der Waals surface area contributed by atoms with Crippen LogP contribution in [0.2, 0.25) is 5.02 Å². The predicted molar refractivity (Wildman–Crippen MR) is 113 cm³/mol. The molecule has 29 heavy (non-hydrogen) atoms. The number of unbranched alkanes of at least 4 members (excludes halogenated alkanes) is 1. The number of phenolic OH excluding ortho intramolecular Hbond substituents is 2. The molecule has 0 saturated heterocycles. The number of fused-ring (bicyclic) bond motifs is 1. The molecule has 2 atom stereocenters. The number of hydrogen-bond donors (Lipinski definition) is 3. The number of rotatable bonds is 5. The molecule has 0 spiro atoms. The fourth-order valence-corrected chi connectivity index (χ4v) is 3.23. The van der Waals surface area contributed by atoms with E-state index >= 15 is 0 Å². The van der Waals surface area contributed by atoms with E-state index in [9.17, 15) is 15.0 Å². The van der Waals surface area contributed by atoms with Gasteiger partial charge in [0.2, 0.25) is 0 Å². The standard InChI is InChI=1S/C22H30ClNO5/c1-3-4-12-28-24-16-11-9-7-5-6-8-10-15(2)29-22(27)20-17(13-16)21(23)19(26)14-18(20)25/h6,8-9,11,14-16,24-26H,3-5,7,10,12-13H2,1-2H3/b8-6+,11-9+/t15-,16?/m1/s1. The summed E-state index contributed by atoms with van der Waals surface area (Å²) < 4.78 is 5.49. The minimum absolute atomic E-state index is 0.0168. The van der Waals surface area contributed by atoms with Gasteiger partial charge in [-0.1, -0.05) is 49.2 Å². The average molecular weight is 424 g/mol. The average Bonchev–Trinajstić information content (AvgIpc) is 2.67. The van der Waals surface area contributed by atoms with E-state index in [2.05, 4.69) is 18.5 Å². The number of carbonyl (C=O) groups excluding carboxylic acids is 1. The molecule has 0 saturated carbocycles. The predicted octanol–water partition coefficient (Wildman–Crippen LogP) is 4.83. The number of allylic oxidation sites excluding steroid dienone is 2. The van der Waals surface area contributed by atoms with E-state index in [1.54, 1.807) is 6.92 Å². The van der Waals surface area contributed by atoms with Crippen LogP contribution in [0.5, 0.6) is 11.5 Å². The molecule has 7 heteroatoms. The second-order valence-corrected chi connectivity index (χ2v) is 7.52. The van der Waals surface area contributed by atoms with E-state index in [0.717, 1.165) is 31.7 Å². The summed E-state index contributed by atoms with van der Waals surface area (Å²) in [5, 5.41) is 20.4. The Morgan fingerprint density at radius 3 is 2.76 bits per heavy atom. The van der Waals surface area contributed by atoms with Crippen LogP contribution in [0, 0.1) is 0 Å². The lowest BCUT2D eigenvalue weighted by Gasteiger charge is -2.20. The lowest BCUT2D eigenvalue weighted by molar-refractivity contribution is 0.0241. The van der Waals surface area contributed by atoms with Gasteiger partial charge in [-0.05, 0) is 38.2 Å². The lowest BCUT2D eigenvalue weighted by Crippen LogP contribution is -2.31. The van der Waals surface area contributed by atoms with Gasteiger partial charge in [0.15, 0.2) is 0 Å². The second kappa shape index (κ2) is 11.9. The molecule has 1 unspecified atom stereocenters. The number of hydrogen-bond acceptors (Lipinski definition) is 6. The summed E-state index contributed by atoms with van der Waals surface area (Å²) in [4.78, 5) is 18.3. The number of aromatic hydroxyl groups is 2. The van der Waals surface area contributed by atoms with Gasteiger partial charge >= 0.3 is 5.97 Å². The van der Waals surface area contributed by atoms with Gasteiger partial charge in [0.05, 0.1) is 17.7 Å². The molecule has 0 bridgehead atoms. The maximum atomic E-state index is 12.8. The molecule has 1 aliphatic rings. The number of esters is 1. The number of nitrogens with one attached hydrogen (secondary N) is 1. The first-order chi connectivity index (χ1) is 13.9. The van der Waals surface area contributed by atoms with Crippen LogP contribution in [0.3, 0.4) is 0 Å². The van der Waals surface area contributed by atoms with Crippen molar-refractivity contribution in [3.05, 3.63) is 46.5 Å². The number of benzene rings is 1. The first-order valence-electron chi connectivity index (χ1n) is 10.1. The fraction of sp³-hybridized carbons (Fsp3) is 0.500. The molecule has 0 radical (unpaired) electrons. The SMILES string of the molecule is CCCCONC1/C=C/CC/C=C/C[C@@H](C)OC(=O)c2c(O)cc(O)c(Cl)c2C1. The van der Waals surface area contributed by atoms with Gasteiger partial charge in [0.1, 0.15) is 23.2 Å². The molecule has 1 aromatic rings. The number of phenols is 2. The van der Waals surface area contributed by atoms with E-state index in [0.29, 0.717) is 18.6 Å². The Bertz CT molecular complexity index is 747. The van der Waals surface area contributed by atoms with E-state index in [4.69, 9.17) is 21.2 Å². The molecule has 0 aliphatic carbocycles. The third-order valence-corrected chi connectivity index (χ3v) is 5.02. The summed E-state index contributed by atoms with van der Waals surface area (Å²) >= 11 is 6.31. The monoisotopic (exact) mass is 423 g/mol. The van der Waals surface area contributed by atoms with Crippen molar-refractivity contribution >= 4 is 17.6 Å². The van der Waals surface area contributed by atoms with Gasteiger partial charge in [0, 0.05) is 12.5 Å². The molecule has 0 aromatic heterocycles. The third kappa shape index (κ3) is 7.07. The number of halogens is 1. The van der Waals surface area contributed by atoms with Gasteiger partial charge in [-0.2, -0.15) is 5.48 Å². The van der Waals surface area contributed by atoms with Crippen molar-refractivity contribution in [1.82, 2.24) is 5.48 Å². The summed E-state index contributed by atoms with van der Waals surface area (Å²) in [6.45, 7) is 4.42. The minimum atomic E-state index is -0.674. The van der Waals surface area contributed by atoms with Crippen molar-refractivity contribution in [1.29, 1.82) is 0 Å². The molecule has 1 heterocycles. The van der Waals surface area contributed by atoms with Crippen LogP contribution in [-0.2, 0) is 16.0 Å². The van der Waals surface area contributed by atoms with Crippen molar-refractivity contribution in [3.63, 3.8) is 0 Å². The highest BCUT2D eigenvalue weighted by atomic mass is 35.5. The van der Waals surface area contributed by atoms with Crippen molar-refractivity contribution < 1.29 is 24.6 Å². The number of hydroxylamine groups is 1. The van der Waals surface area contributed by atoms with Crippen LogP contribution in [0.4, 0.5) is 0 Å². The summed E-state index contributed by atoms with van der Waals surface area (Å²) in [5.41, 5.74) is 3.27. The molecular formula is C22H30ClNO5. The molecule has 1 aliphatic heterocycles. The topological polar surface area (TPSA) is 88.0 Å². The first-order valence-corrected chi connectivity index (χ1v) is 10.4. The zero-order valence-corrected chi connectivity index (χ0v) is 17.7. The fourth-order valence-electron chi connectivity index (χ4n) is 3.00. The Hall–Kier alpha value is -2.02. The van der Waals surface area contributed by atoms with Gasteiger partial charge < -0.3 is 19.8 Å². The molecule has 2 rings (SSSR count). The number of carbonyl (C=O) groups is 1. The number of cyclic esters (lactones) is 1. The van der Waals surface area contributed by atoms with E-state index in [1.165, 1.54) is 0 Å². The van der Waals surface area contributed by atoms with E-state index < -0.39 is 5.97 Å². The Morgan fingerprint density at radius 2 is 2.00 bits per heavy atom. The molecule has 160 valence electrons. The Labute approximate surface area is 177 Å². The van der Waals surface area contributed by atoms with Gasteiger partial charge in [-0.25, -0.2) is 4.79 Å². The van der Waals surface area contributed by atoms with Crippen LogP contribution in [0.1, 0.15) is 61.9 Å². The van der Waals surface area contributed by atoms with E-state index in [1.807, 2.05) is 18.2 Å². The molecule has 6 nitrogen and oxygen atoms in total. The Balaban J connectivity index is 2.39.